The molecule has 0 radical (unpaired) electrons. The lowest BCUT2D eigenvalue weighted by molar-refractivity contribution is 0.589. The maximum Gasteiger partial charge on any atom is 0.0794 e. The van der Waals surface area contributed by atoms with E-state index < -0.39 is 8.07 Å². The molecule has 1 aromatic heterocycles. The second-order valence-electron chi connectivity index (χ2n) is 7.08. The largest absolute Gasteiger partial charge is 0.384 e. The van der Waals surface area contributed by atoms with Crippen LogP contribution in [0.4, 0.5) is 0 Å². The topological polar surface area (TPSA) is 17.0 Å². The van der Waals surface area contributed by atoms with Crippen LogP contribution in [0.25, 0.3) is 10.9 Å². The summed E-state index contributed by atoms with van der Waals surface area (Å²) < 4.78 is 2.18. The summed E-state index contributed by atoms with van der Waals surface area (Å²) in [6.07, 6.45) is 11.9. The van der Waals surface area contributed by atoms with Crippen molar-refractivity contribution in [2.75, 3.05) is 0 Å². The minimum Gasteiger partial charge on any atom is -0.384 e. The highest BCUT2D eigenvalue weighted by molar-refractivity contribution is 6.79. The number of nitrogens with zero attached hydrogens (tertiary/aromatic N) is 1. The van der Waals surface area contributed by atoms with E-state index in [1.165, 1.54) is 16.5 Å². The van der Waals surface area contributed by atoms with Gasteiger partial charge in [0.25, 0.3) is 0 Å². The molecule has 1 N–H and O–H groups in total. The fraction of sp³-hybridized carbons (Fsp3) is 0.333. The van der Waals surface area contributed by atoms with Gasteiger partial charge in [0, 0.05) is 23.9 Å². The summed E-state index contributed by atoms with van der Waals surface area (Å²) in [5.41, 5.74) is 2.71. The van der Waals surface area contributed by atoms with Gasteiger partial charge in [-0.05, 0) is 47.8 Å². The molecule has 1 atom stereocenters. The summed E-state index contributed by atoms with van der Waals surface area (Å²) in [5.74, 6) is 0. The molecule has 0 bridgehead atoms. The lowest BCUT2D eigenvalue weighted by atomic mass is 10.0. The fourth-order valence-electron chi connectivity index (χ4n) is 3.12. The lowest BCUT2D eigenvalue weighted by Gasteiger charge is -2.43. The van der Waals surface area contributed by atoms with Crippen molar-refractivity contribution in [3.8, 4) is 0 Å². The van der Waals surface area contributed by atoms with E-state index in [0.717, 1.165) is 6.42 Å². The van der Waals surface area contributed by atoms with Crippen LogP contribution < -0.4 is 5.32 Å². The summed E-state index contributed by atoms with van der Waals surface area (Å²) in [6, 6.07) is 9.05. The Labute approximate surface area is 128 Å². The number of allylic oxidation sites excluding steroid dienone is 2. The molecular weight excluding hydrogens is 272 g/mol. The van der Waals surface area contributed by atoms with E-state index in [2.05, 4.69) is 91.5 Å². The molecule has 1 aliphatic heterocycles. The van der Waals surface area contributed by atoms with Gasteiger partial charge >= 0.3 is 0 Å². The van der Waals surface area contributed by atoms with Crippen LogP contribution in [0, 0.1) is 0 Å². The van der Waals surface area contributed by atoms with Crippen molar-refractivity contribution < 1.29 is 0 Å². The average Bonchev–Trinajstić information content (AvgIpc) is 2.80. The Bertz CT molecular complexity index is 718. The third-order valence-corrected chi connectivity index (χ3v) is 7.86. The minimum atomic E-state index is -1.41. The van der Waals surface area contributed by atoms with Gasteiger partial charge in [0.15, 0.2) is 0 Å². The smallest absolute Gasteiger partial charge is 0.0794 e. The highest BCUT2D eigenvalue weighted by atomic mass is 28.3. The van der Waals surface area contributed by atoms with Crippen LogP contribution in [0.5, 0.6) is 0 Å². The summed E-state index contributed by atoms with van der Waals surface area (Å²) in [4.78, 5) is 0. The second kappa shape index (κ2) is 4.92. The number of rotatable bonds is 3. The molecule has 1 unspecified atom stereocenters. The summed E-state index contributed by atoms with van der Waals surface area (Å²) in [6.45, 7) is 7.31. The molecule has 2 aromatic rings. The zero-order valence-corrected chi connectivity index (χ0v) is 14.4. The zero-order chi connectivity index (χ0) is 15.1. The van der Waals surface area contributed by atoms with Crippen molar-refractivity contribution in [3.63, 3.8) is 0 Å². The summed E-state index contributed by atoms with van der Waals surface area (Å²) in [5, 5.41) is 5.09. The van der Waals surface area contributed by atoms with Crippen LogP contribution >= 0.6 is 0 Å². The standard InChI is InChI=1S/C18H24N2Si/c1-20-12-9-16-13-15(7-8-17(16)20)14-18(21(2,3)4)10-5-6-11-19-18/h5-13,19H,14H2,1-4H3. The first kappa shape index (κ1) is 14.2. The minimum absolute atomic E-state index is 0.101. The van der Waals surface area contributed by atoms with Gasteiger partial charge in [-0.2, -0.15) is 0 Å². The van der Waals surface area contributed by atoms with E-state index in [4.69, 9.17) is 0 Å². The first-order valence-electron chi connectivity index (χ1n) is 7.57. The Hall–Kier alpha value is -1.74. The number of hydrogen-bond acceptors (Lipinski definition) is 1. The molecular formula is C18H24N2Si. The van der Waals surface area contributed by atoms with E-state index in [9.17, 15) is 0 Å². The second-order valence-corrected chi connectivity index (χ2v) is 12.5. The molecule has 0 saturated carbocycles. The molecule has 1 aromatic carbocycles. The molecule has 21 heavy (non-hydrogen) atoms. The van der Waals surface area contributed by atoms with Gasteiger partial charge in [0.1, 0.15) is 0 Å². The van der Waals surface area contributed by atoms with Crippen molar-refractivity contribution in [2.24, 2.45) is 7.05 Å². The normalized spacial score (nSPS) is 21.7. The number of aromatic nitrogens is 1. The van der Waals surface area contributed by atoms with E-state index in [-0.39, 0.29) is 5.16 Å². The van der Waals surface area contributed by atoms with Crippen LogP contribution in [0.3, 0.4) is 0 Å². The molecule has 2 heterocycles. The van der Waals surface area contributed by atoms with Crippen molar-refractivity contribution in [3.05, 3.63) is 60.5 Å². The Balaban J connectivity index is 1.98. The Morgan fingerprint density at radius 1 is 1.14 bits per heavy atom. The highest BCUT2D eigenvalue weighted by Crippen LogP contribution is 2.30. The Morgan fingerprint density at radius 3 is 2.62 bits per heavy atom. The van der Waals surface area contributed by atoms with Gasteiger partial charge < -0.3 is 9.88 Å². The molecule has 2 nitrogen and oxygen atoms in total. The predicted molar refractivity (Wildman–Crippen MR) is 94.1 cm³/mol. The predicted octanol–water partition coefficient (Wildman–Crippen LogP) is 4.01. The first-order chi connectivity index (χ1) is 9.91. The van der Waals surface area contributed by atoms with E-state index in [1.54, 1.807) is 0 Å². The third kappa shape index (κ3) is 2.46. The van der Waals surface area contributed by atoms with E-state index >= 15 is 0 Å². The van der Waals surface area contributed by atoms with Gasteiger partial charge in [-0.15, -0.1) is 0 Å². The molecule has 0 amide bonds. The van der Waals surface area contributed by atoms with Crippen molar-refractivity contribution in [2.45, 2.75) is 31.2 Å². The number of fused-ring (bicyclic) bond motifs is 1. The van der Waals surface area contributed by atoms with Gasteiger partial charge in [0.05, 0.1) is 8.07 Å². The maximum absolute atomic E-state index is 3.66. The monoisotopic (exact) mass is 296 g/mol. The molecule has 3 heteroatoms. The quantitative estimate of drug-likeness (QED) is 0.847. The summed E-state index contributed by atoms with van der Waals surface area (Å²) >= 11 is 0. The van der Waals surface area contributed by atoms with Crippen LogP contribution in [0.1, 0.15) is 5.56 Å². The zero-order valence-electron chi connectivity index (χ0n) is 13.4. The summed E-state index contributed by atoms with van der Waals surface area (Å²) in [7, 11) is 0.693. The number of nitrogens with one attached hydrogen (secondary N) is 1. The van der Waals surface area contributed by atoms with Crippen LogP contribution in [-0.4, -0.2) is 17.8 Å². The molecule has 110 valence electrons. The van der Waals surface area contributed by atoms with E-state index in [1.807, 2.05) is 0 Å². The number of dihydropyridines is 1. The van der Waals surface area contributed by atoms with E-state index in [0.29, 0.717) is 0 Å². The van der Waals surface area contributed by atoms with Crippen molar-refractivity contribution >= 4 is 19.0 Å². The molecule has 1 aliphatic rings. The SMILES string of the molecule is Cn1ccc2cc(CC3([Si](C)(C)C)C=CC=CN3)ccc21. The first-order valence-corrected chi connectivity index (χ1v) is 11.1. The number of hydrogen-bond donors (Lipinski definition) is 1. The van der Waals surface area contributed by atoms with Crippen LogP contribution in [-0.2, 0) is 13.5 Å². The Kier molecular flexibility index (Phi) is 3.33. The Morgan fingerprint density at radius 2 is 1.95 bits per heavy atom. The fourth-order valence-corrected chi connectivity index (χ4v) is 4.97. The lowest BCUT2D eigenvalue weighted by Crippen LogP contribution is -2.61. The van der Waals surface area contributed by atoms with Gasteiger partial charge in [-0.1, -0.05) is 37.9 Å². The van der Waals surface area contributed by atoms with Gasteiger partial charge in [0.2, 0.25) is 0 Å². The van der Waals surface area contributed by atoms with Crippen molar-refractivity contribution in [1.82, 2.24) is 9.88 Å². The number of aryl methyl sites for hydroxylation is 1. The molecule has 3 rings (SSSR count). The van der Waals surface area contributed by atoms with Crippen LogP contribution in [0.15, 0.2) is 54.9 Å². The molecule has 0 aliphatic carbocycles. The maximum atomic E-state index is 3.66. The average molecular weight is 296 g/mol. The van der Waals surface area contributed by atoms with Crippen molar-refractivity contribution in [1.29, 1.82) is 0 Å². The van der Waals surface area contributed by atoms with Crippen LogP contribution in [0.2, 0.25) is 19.6 Å². The third-order valence-electron chi connectivity index (χ3n) is 4.70. The number of benzene rings is 1. The molecule has 0 fully saturated rings. The van der Waals surface area contributed by atoms with Gasteiger partial charge in [-0.3, -0.25) is 0 Å². The highest BCUT2D eigenvalue weighted by Gasteiger charge is 2.41. The molecule has 0 saturated heterocycles. The van der Waals surface area contributed by atoms with Gasteiger partial charge in [-0.25, -0.2) is 0 Å². The molecule has 0 spiro atoms.